The molecule has 0 bridgehead atoms. The lowest BCUT2D eigenvalue weighted by molar-refractivity contribution is 0.142. The van der Waals surface area contributed by atoms with E-state index in [1.54, 1.807) is 0 Å². The van der Waals surface area contributed by atoms with Crippen LogP contribution in [0.1, 0.15) is 20.8 Å². The molecule has 0 aliphatic rings. The number of benzene rings is 5. The smallest absolute Gasteiger partial charge is 0.193 e. The highest BCUT2D eigenvalue weighted by atomic mass is 28.2. The summed E-state index contributed by atoms with van der Waals surface area (Å²) in [6.45, 7) is 6.42. The van der Waals surface area contributed by atoms with Crippen LogP contribution in [0.2, 0.25) is 0 Å². The molecule has 26 heavy (non-hydrogen) atoms. The molecular weight excluding hydrogens is 332 g/mol. The third-order valence-corrected chi connectivity index (χ3v) is 7.21. The maximum absolute atomic E-state index is 6.22. The van der Waals surface area contributed by atoms with E-state index in [-0.39, 0.29) is 5.60 Å². The molecule has 0 aliphatic carbocycles. The highest BCUT2D eigenvalue weighted by Crippen LogP contribution is 2.39. The zero-order valence-electron chi connectivity index (χ0n) is 15.5. The van der Waals surface area contributed by atoms with E-state index in [2.05, 4.69) is 87.5 Å². The van der Waals surface area contributed by atoms with Gasteiger partial charge in [-0.15, -0.1) is 0 Å². The normalized spacial score (nSPS) is 13.2. The molecule has 5 aromatic rings. The molecule has 128 valence electrons. The predicted octanol–water partition coefficient (Wildman–Crippen LogP) is 5.26. The minimum absolute atomic E-state index is 0.0793. The van der Waals surface area contributed by atoms with E-state index in [0.717, 1.165) is 0 Å². The first-order chi connectivity index (χ1) is 12.5. The van der Waals surface area contributed by atoms with E-state index in [0.29, 0.717) is 0 Å². The summed E-state index contributed by atoms with van der Waals surface area (Å²) in [5.74, 6) is 0. The molecule has 0 N–H and O–H groups in total. The van der Waals surface area contributed by atoms with Crippen LogP contribution in [0.3, 0.4) is 0 Å². The Bertz CT molecular complexity index is 1210. The van der Waals surface area contributed by atoms with Crippen LogP contribution in [0.5, 0.6) is 0 Å². The summed E-state index contributed by atoms with van der Waals surface area (Å²) in [5, 5.41) is 12.3. The Hall–Kier alpha value is -2.42. The van der Waals surface area contributed by atoms with Gasteiger partial charge in [0.2, 0.25) is 0 Å². The van der Waals surface area contributed by atoms with Crippen LogP contribution in [0.25, 0.3) is 43.1 Å². The monoisotopic (exact) mass is 354 g/mol. The van der Waals surface area contributed by atoms with Crippen LogP contribution in [0.15, 0.2) is 66.7 Å². The van der Waals surface area contributed by atoms with Gasteiger partial charge < -0.3 is 4.43 Å². The van der Waals surface area contributed by atoms with Gasteiger partial charge in [0.15, 0.2) is 9.76 Å². The summed E-state index contributed by atoms with van der Waals surface area (Å²) >= 11 is 0. The van der Waals surface area contributed by atoms with Gasteiger partial charge in [-0.05, 0) is 69.0 Å². The Morgan fingerprint density at radius 3 is 1.81 bits per heavy atom. The summed E-state index contributed by atoms with van der Waals surface area (Å²) in [7, 11) is -0.779. The third kappa shape index (κ3) is 2.33. The molecule has 2 heteroatoms. The van der Waals surface area contributed by atoms with Crippen molar-refractivity contribution in [2.24, 2.45) is 0 Å². The van der Waals surface area contributed by atoms with E-state index in [4.69, 9.17) is 4.43 Å². The van der Waals surface area contributed by atoms with Gasteiger partial charge in [-0.3, -0.25) is 0 Å². The maximum atomic E-state index is 6.22. The second-order valence-electron chi connectivity index (χ2n) is 8.11. The Balaban J connectivity index is 1.91. The zero-order valence-corrected chi connectivity index (χ0v) is 16.9. The largest absolute Gasteiger partial charge is 0.414 e. The van der Waals surface area contributed by atoms with Crippen LogP contribution in [0.4, 0.5) is 0 Å². The number of hydrogen-bond donors (Lipinski definition) is 0. The van der Waals surface area contributed by atoms with E-state index in [9.17, 15) is 0 Å². The van der Waals surface area contributed by atoms with Crippen molar-refractivity contribution < 1.29 is 4.43 Å². The summed E-state index contributed by atoms with van der Waals surface area (Å²) in [6.07, 6.45) is 0. The molecule has 0 aromatic heterocycles. The average molecular weight is 355 g/mol. The Morgan fingerprint density at radius 1 is 0.615 bits per heavy atom. The lowest BCUT2D eigenvalue weighted by atomic mass is 9.90. The highest BCUT2D eigenvalue weighted by Gasteiger charge is 2.16. The van der Waals surface area contributed by atoms with Crippen molar-refractivity contribution >= 4 is 58.0 Å². The molecule has 0 amide bonds. The third-order valence-electron chi connectivity index (χ3n) is 5.28. The summed E-state index contributed by atoms with van der Waals surface area (Å²) in [6, 6.07) is 24.6. The summed E-state index contributed by atoms with van der Waals surface area (Å²) in [5.41, 5.74) is -0.0793. The van der Waals surface area contributed by atoms with Gasteiger partial charge in [0.05, 0.1) is 0 Å². The van der Waals surface area contributed by atoms with E-state index >= 15 is 0 Å². The second-order valence-corrected chi connectivity index (χ2v) is 9.45. The van der Waals surface area contributed by atoms with Gasteiger partial charge in [0.1, 0.15) is 0 Å². The molecule has 0 saturated carbocycles. The molecule has 1 nitrogen and oxygen atoms in total. The Kier molecular flexibility index (Phi) is 3.36. The second kappa shape index (κ2) is 5.54. The Morgan fingerprint density at radius 2 is 1.15 bits per heavy atom. The van der Waals surface area contributed by atoms with Crippen LogP contribution in [-0.4, -0.2) is 15.4 Å². The molecule has 5 aromatic carbocycles. The van der Waals surface area contributed by atoms with Crippen LogP contribution in [0, 0.1) is 0 Å². The van der Waals surface area contributed by atoms with Crippen molar-refractivity contribution in [3.05, 3.63) is 66.7 Å². The highest BCUT2D eigenvalue weighted by molar-refractivity contribution is 6.53. The zero-order chi connectivity index (χ0) is 17.9. The molecule has 0 heterocycles. The molecule has 0 spiro atoms. The molecule has 0 saturated heterocycles. The molecule has 0 fully saturated rings. The van der Waals surface area contributed by atoms with Crippen molar-refractivity contribution in [3.8, 4) is 0 Å². The lowest BCUT2D eigenvalue weighted by Gasteiger charge is -2.21. The molecule has 5 rings (SSSR count). The van der Waals surface area contributed by atoms with Gasteiger partial charge in [0.25, 0.3) is 0 Å². The fourth-order valence-electron chi connectivity index (χ4n) is 4.13. The molecular formula is C24H22OSi. The van der Waals surface area contributed by atoms with Gasteiger partial charge >= 0.3 is 0 Å². The van der Waals surface area contributed by atoms with Gasteiger partial charge in [0, 0.05) is 5.60 Å². The van der Waals surface area contributed by atoms with E-state index in [1.807, 2.05) is 0 Å². The van der Waals surface area contributed by atoms with E-state index < -0.39 is 9.76 Å². The van der Waals surface area contributed by atoms with Crippen molar-refractivity contribution in [2.75, 3.05) is 0 Å². The maximum Gasteiger partial charge on any atom is 0.193 e. The molecule has 0 radical (unpaired) electrons. The quantitative estimate of drug-likeness (QED) is 0.239. The Labute approximate surface area is 155 Å². The van der Waals surface area contributed by atoms with Crippen molar-refractivity contribution in [1.82, 2.24) is 0 Å². The van der Waals surface area contributed by atoms with Gasteiger partial charge in [-0.2, -0.15) is 0 Å². The molecule has 0 unspecified atom stereocenters. The first kappa shape index (κ1) is 15.8. The predicted molar refractivity (Wildman–Crippen MR) is 117 cm³/mol. The van der Waals surface area contributed by atoms with Crippen LogP contribution >= 0.6 is 0 Å². The van der Waals surface area contributed by atoms with Crippen LogP contribution < -0.4 is 5.19 Å². The van der Waals surface area contributed by atoms with Crippen molar-refractivity contribution in [3.63, 3.8) is 0 Å². The lowest BCUT2D eigenvalue weighted by Crippen LogP contribution is -2.29. The van der Waals surface area contributed by atoms with Gasteiger partial charge in [-0.25, -0.2) is 0 Å². The number of fused-ring (bicyclic) bond motifs is 2. The minimum Gasteiger partial charge on any atom is -0.414 e. The first-order valence-electron chi connectivity index (χ1n) is 9.24. The van der Waals surface area contributed by atoms with Gasteiger partial charge in [-0.1, -0.05) is 66.7 Å². The SMILES string of the molecule is CC(C)(C)O[SiH2]c1ccc2c3cccc4cccc(c5cccc1c52)c43. The standard InChI is InChI=1S/C24H22OSi/c1-24(2,3)25-26-21-14-13-19-17-10-5-8-15-7-4-9-16(22(15)17)18-11-6-12-20(21)23(18)19/h4-14H,26H2,1-3H3. The first-order valence-corrected chi connectivity index (χ1v) is 10.5. The number of rotatable bonds is 2. The average Bonchev–Trinajstić information content (AvgIpc) is 2.64. The topological polar surface area (TPSA) is 9.23 Å². The minimum atomic E-state index is -0.779. The molecule has 0 aliphatic heterocycles. The van der Waals surface area contributed by atoms with Crippen molar-refractivity contribution in [1.29, 1.82) is 0 Å². The van der Waals surface area contributed by atoms with Crippen LogP contribution in [-0.2, 0) is 4.43 Å². The molecule has 0 atom stereocenters. The fraction of sp³-hybridized carbons (Fsp3) is 0.167. The van der Waals surface area contributed by atoms with Crippen molar-refractivity contribution in [2.45, 2.75) is 26.4 Å². The fourth-order valence-corrected chi connectivity index (χ4v) is 5.38. The summed E-state index contributed by atoms with van der Waals surface area (Å²) < 4.78 is 6.22. The number of hydrogen-bond acceptors (Lipinski definition) is 1. The van der Waals surface area contributed by atoms with E-state index in [1.165, 1.54) is 48.3 Å². The summed E-state index contributed by atoms with van der Waals surface area (Å²) in [4.78, 5) is 0.